The van der Waals surface area contributed by atoms with Gasteiger partial charge in [0.05, 0.1) is 10.0 Å². The minimum atomic E-state index is -0.406. The second-order valence-electron chi connectivity index (χ2n) is 7.02. The van der Waals surface area contributed by atoms with Crippen molar-refractivity contribution in [3.8, 4) is 11.5 Å². The molecule has 0 saturated heterocycles. The zero-order valence-electron chi connectivity index (χ0n) is 17.0. The molecule has 0 atom stereocenters. The van der Waals surface area contributed by atoms with Crippen molar-refractivity contribution in [1.29, 1.82) is 5.41 Å². The van der Waals surface area contributed by atoms with Gasteiger partial charge in [-0.25, -0.2) is 0 Å². The van der Waals surface area contributed by atoms with Gasteiger partial charge in [0, 0.05) is 5.70 Å². The maximum absolute atomic E-state index is 12.4. The van der Waals surface area contributed by atoms with Crippen LogP contribution in [-0.4, -0.2) is 35.0 Å². The molecule has 6 nitrogen and oxygen atoms in total. The van der Waals surface area contributed by atoms with Gasteiger partial charge >= 0.3 is 0 Å². The highest BCUT2D eigenvalue weighted by Gasteiger charge is 2.33. The number of hydrogen-bond donors (Lipinski definition) is 1. The smallest absolute Gasteiger partial charge is 0.283 e. The summed E-state index contributed by atoms with van der Waals surface area (Å²) < 4.78 is 12.3. The van der Waals surface area contributed by atoms with E-state index in [1.807, 2.05) is 61.7 Å². The number of amides is 1. The van der Waals surface area contributed by atoms with Crippen LogP contribution >= 0.6 is 27.7 Å². The molecule has 0 radical (unpaired) electrons. The summed E-state index contributed by atoms with van der Waals surface area (Å²) in [6, 6.07) is 13.4. The summed E-state index contributed by atoms with van der Waals surface area (Å²) in [4.78, 5) is 18.2. The highest BCUT2D eigenvalue weighted by atomic mass is 79.9. The van der Waals surface area contributed by atoms with Crippen molar-refractivity contribution in [3.63, 3.8) is 0 Å². The number of ether oxygens (including phenoxy) is 2. The van der Waals surface area contributed by atoms with Gasteiger partial charge in [-0.2, -0.15) is 4.99 Å². The molecule has 0 saturated carbocycles. The highest BCUT2D eigenvalue weighted by molar-refractivity contribution is 9.10. The summed E-state index contributed by atoms with van der Waals surface area (Å²) >= 11 is 4.87. The molecule has 0 spiro atoms. The Kier molecular flexibility index (Phi) is 6.29. The molecule has 2 aliphatic rings. The first kappa shape index (κ1) is 21.4. The number of rotatable bonds is 6. The summed E-state index contributed by atoms with van der Waals surface area (Å²) in [5.74, 6) is 1.22. The van der Waals surface area contributed by atoms with E-state index in [0.29, 0.717) is 24.1 Å². The maximum Gasteiger partial charge on any atom is 0.283 e. The molecule has 0 aliphatic carbocycles. The van der Waals surface area contributed by atoms with E-state index >= 15 is 0 Å². The fraction of sp³-hybridized carbons (Fsp3) is 0.174. The second-order valence-corrected chi connectivity index (χ2v) is 8.71. The van der Waals surface area contributed by atoms with Crippen LogP contribution in [0.4, 0.5) is 0 Å². The third kappa shape index (κ3) is 4.75. The molecule has 8 heteroatoms. The second kappa shape index (κ2) is 9.11. The van der Waals surface area contributed by atoms with E-state index in [-0.39, 0.29) is 11.4 Å². The van der Waals surface area contributed by atoms with Gasteiger partial charge in [0.1, 0.15) is 30.5 Å². The normalized spacial score (nSPS) is 16.9. The van der Waals surface area contributed by atoms with Crippen molar-refractivity contribution in [2.45, 2.75) is 13.8 Å². The molecular weight excluding hydrogens is 478 g/mol. The van der Waals surface area contributed by atoms with E-state index in [1.54, 1.807) is 11.0 Å². The van der Waals surface area contributed by atoms with Crippen LogP contribution in [0.5, 0.6) is 11.5 Å². The van der Waals surface area contributed by atoms with Crippen LogP contribution in [0.1, 0.15) is 18.1 Å². The van der Waals surface area contributed by atoms with Gasteiger partial charge in [-0.1, -0.05) is 30.0 Å². The average molecular weight is 498 g/mol. The lowest BCUT2D eigenvalue weighted by Gasteiger charge is -2.25. The Morgan fingerprint density at radius 2 is 1.97 bits per heavy atom. The standard InChI is InChI=1S/C23H20BrN3O3S/c1-14-4-3-5-17(10-14)29-8-9-30-20-7-6-16(12-19(20)24)11-18-21(25)27-15(2)13-31-23(27)26-22(18)28/h3-7,10-13,25H,8-9H2,1-2H3/b18-11+,25-21?. The molecule has 0 unspecified atom stereocenters. The summed E-state index contributed by atoms with van der Waals surface area (Å²) in [6.07, 6.45) is 1.68. The average Bonchev–Trinajstić information content (AvgIpc) is 3.10. The molecule has 1 amide bonds. The van der Waals surface area contributed by atoms with Crippen LogP contribution < -0.4 is 9.47 Å². The number of hydrogen-bond acceptors (Lipinski definition) is 5. The van der Waals surface area contributed by atoms with Gasteiger partial charge in [0.15, 0.2) is 5.17 Å². The zero-order chi connectivity index (χ0) is 22.0. The fourth-order valence-electron chi connectivity index (χ4n) is 3.15. The molecule has 1 N–H and O–H groups in total. The quantitative estimate of drug-likeness (QED) is 0.428. The summed E-state index contributed by atoms with van der Waals surface area (Å²) in [6.45, 7) is 4.73. The number of aryl methyl sites for hydroxylation is 1. The number of carbonyl (C=O) groups is 1. The molecule has 0 bridgehead atoms. The van der Waals surface area contributed by atoms with Crippen LogP contribution in [0.3, 0.4) is 0 Å². The Hall–Kier alpha value is -2.84. The van der Waals surface area contributed by atoms with Crippen molar-refractivity contribution in [3.05, 3.63) is 74.7 Å². The highest BCUT2D eigenvalue weighted by Crippen LogP contribution is 2.33. The summed E-state index contributed by atoms with van der Waals surface area (Å²) in [7, 11) is 0. The lowest BCUT2D eigenvalue weighted by atomic mass is 10.1. The largest absolute Gasteiger partial charge is 0.490 e. The monoisotopic (exact) mass is 497 g/mol. The van der Waals surface area contributed by atoms with E-state index in [9.17, 15) is 4.79 Å². The first-order chi connectivity index (χ1) is 14.9. The predicted octanol–water partition coefficient (Wildman–Crippen LogP) is 5.38. The van der Waals surface area contributed by atoms with Crippen molar-refractivity contribution >= 4 is 50.7 Å². The number of aliphatic imine (C=N–C) groups is 1. The van der Waals surface area contributed by atoms with E-state index in [0.717, 1.165) is 27.0 Å². The third-order valence-electron chi connectivity index (χ3n) is 4.65. The Morgan fingerprint density at radius 3 is 2.74 bits per heavy atom. The van der Waals surface area contributed by atoms with Gasteiger partial charge in [-0.15, -0.1) is 0 Å². The topological polar surface area (TPSA) is 75.0 Å². The Balaban J connectivity index is 1.41. The number of carbonyl (C=O) groups excluding carboxylic acids is 1. The Labute approximate surface area is 193 Å². The van der Waals surface area contributed by atoms with E-state index in [1.165, 1.54) is 11.8 Å². The third-order valence-corrected chi connectivity index (χ3v) is 6.21. The Bertz CT molecular complexity index is 1160. The molecule has 2 aromatic carbocycles. The molecule has 2 aromatic rings. The SMILES string of the molecule is CC1=CSC2=NC(=O)/C(=C/c3ccc(OCCOc4cccc(C)c4)c(Br)c3)C(=N)N12. The molecule has 4 rings (SSSR count). The summed E-state index contributed by atoms with van der Waals surface area (Å²) in [5, 5.41) is 10.8. The predicted molar refractivity (Wildman–Crippen MR) is 128 cm³/mol. The van der Waals surface area contributed by atoms with Crippen molar-refractivity contribution in [2.24, 2.45) is 4.99 Å². The van der Waals surface area contributed by atoms with Crippen molar-refractivity contribution in [1.82, 2.24) is 4.90 Å². The first-order valence-corrected chi connectivity index (χ1v) is 11.3. The van der Waals surface area contributed by atoms with E-state index in [4.69, 9.17) is 14.9 Å². The number of fused-ring (bicyclic) bond motifs is 1. The first-order valence-electron chi connectivity index (χ1n) is 9.61. The molecule has 0 aromatic heterocycles. The number of halogens is 1. The van der Waals surface area contributed by atoms with Crippen molar-refractivity contribution < 1.29 is 14.3 Å². The maximum atomic E-state index is 12.4. The van der Waals surface area contributed by atoms with Gasteiger partial charge in [0.2, 0.25) is 0 Å². The lowest BCUT2D eigenvalue weighted by Crippen LogP contribution is -2.37. The molecule has 2 aliphatic heterocycles. The minimum Gasteiger partial charge on any atom is -0.490 e. The zero-order valence-corrected chi connectivity index (χ0v) is 19.4. The number of benzene rings is 2. The van der Waals surface area contributed by atoms with E-state index in [2.05, 4.69) is 20.9 Å². The molecular formula is C23H20BrN3O3S. The number of thioether (sulfide) groups is 1. The van der Waals surface area contributed by atoms with Gasteiger partial charge in [-0.3, -0.25) is 15.1 Å². The molecule has 2 heterocycles. The van der Waals surface area contributed by atoms with E-state index < -0.39 is 5.91 Å². The fourth-order valence-corrected chi connectivity index (χ4v) is 4.52. The van der Waals surface area contributed by atoms with Crippen molar-refractivity contribution in [2.75, 3.05) is 13.2 Å². The number of nitrogens with one attached hydrogen (secondary N) is 1. The lowest BCUT2D eigenvalue weighted by molar-refractivity contribution is -0.114. The van der Waals surface area contributed by atoms with Crippen LogP contribution in [-0.2, 0) is 4.79 Å². The molecule has 158 valence electrons. The van der Waals surface area contributed by atoms with Gasteiger partial charge in [0.25, 0.3) is 5.91 Å². The molecule has 0 fully saturated rings. The van der Waals surface area contributed by atoms with Crippen LogP contribution in [0.25, 0.3) is 6.08 Å². The number of allylic oxidation sites excluding steroid dienone is 1. The van der Waals surface area contributed by atoms with Gasteiger partial charge in [-0.05, 0) is 76.7 Å². The Morgan fingerprint density at radius 1 is 1.16 bits per heavy atom. The van der Waals surface area contributed by atoms with Crippen LogP contribution in [0.15, 0.2) is 68.6 Å². The van der Waals surface area contributed by atoms with Crippen LogP contribution in [0.2, 0.25) is 0 Å². The summed E-state index contributed by atoms with van der Waals surface area (Å²) in [5.41, 5.74) is 3.05. The van der Waals surface area contributed by atoms with Gasteiger partial charge < -0.3 is 9.47 Å². The number of nitrogens with zero attached hydrogens (tertiary/aromatic N) is 2. The molecule has 31 heavy (non-hydrogen) atoms. The minimum absolute atomic E-state index is 0.137. The van der Waals surface area contributed by atoms with Crippen LogP contribution in [0, 0.1) is 12.3 Å². The number of amidine groups is 2.